The lowest BCUT2D eigenvalue weighted by Gasteiger charge is -2.14. The Morgan fingerprint density at radius 3 is 2.48 bits per heavy atom. The number of carbonyl (C=O) groups excluding carboxylic acids is 1. The topological polar surface area (TPSA) is 110 Å². The Morgan fingerprint density at radius 1 is 1.26 bits per heavy atom. The molecule has 0 aliphatic carbocycles. The van der Waals surface area contributed by atoms with Crippen LogP contribution in [-0.2, 0) is 26.0 Å². The van der Waals surface area contributed by atoms with E-state index in [4.69, 9.17) is 9.84 Å². The first-order valence-electron chi connectivity index (χ1n) is 7.24. The zero-order valence-corrected chi connectivity index (χ0v) is 13.7. The average Bonchev–Trinajstić information content (AvgIpc) is 2.52. The number of carbonyl (C=O) groups is 2. The van der Waals surface area contributed by atoms with Gasteiger partial charge in [-0.3, -0.25) is 0 Å². The van der Waals surface area contributed by atoms with Gasteiger partial charge >= 0.3 is 12.1 Å². The van der Waals surface area contributed by atoms with E-state index in [0.29, 0.717) is 0 Å². The van der Waals surface area contributed by atoms with Crippen LogP contribution in [0.1, 0.15) is 25.3 Å². The highest BCUT2D eigenvalue weighted by Gasteiger charge is 2.21. The number of carboxylic acids is 1. The molecule has 0 saturated carbocycles. The van der Waals surface area contributed by atoms with Crippen LogP contribution in [-0.4, -0.2) is 43.1 Å². The number of ether oxygens (including phenoxy) is 1. The molecule has 1 rings (SSSR count). The number of nitrogens with one attached hydrogen (secondary N) is 1. The summed E-state index contributed by atoms with van der Waals surface area (Å²) in [5, 5.41) is 11.3. The molecule has 1 aromatic rings. The number of sulfone groups is 1. The van der Waals surface area contributed by atoms with Gasteiger partial charge in [-0.25, -0.2) is 18.0 Å². The van der Waals surface area contributed by atoms with Gasteiger partial charge in [0, 0.05) is 5.75 Å². The van der Waals surface area contributed by atoms with Gasteiger partial charge < -0.3 is 15.2 Å². The maximum Gasteiger partial charge on any atom is 0.408 e. The van der Waals surface area contributed by atoms with Crippen LogP contribution in [0.5, 0.6) is 0 Å². The quantitative estimate of drug-likeness (QED) is 0.704. The zero-order valence-electron chi connectivity index (χ0n) is 12.9. The second-order valence-electron chi connectivity index (χ2n) is 4.98. The molecule has 1 amide bonds. The van der Waals surface area contributed by atoms with Gasteiger partial charge in [-0.1, -0.05) is 37.3 Å². The molecule has 0 bridgehead atoms. The first-order chi connectivity index (χ1) is 10.8. The third-order valence-corrected chi connectivity index (χ3v) is 4.98. The third kappa shape index (κ3) is 7.64. The van der Waals surface area contributed by atoms with Gasteiger partial charge in [-0.05, 0) is 18.4 Å². The fraction of sp³-hybridized carbons (Fsp3) is 0.467. The van der Waals surface area contributed by atoms with Crippen LogP contribution in [0.4, 0.5) is 4.79 Å². The number of alkyl carbamates (subject to hydrolysis) is 1. The summed E-state index contributed by atoms with van der Waals surface area (Å²) in [6, 6.07) is 7.80. The van der Waals surface area contributed by atoms with Gasteiger partial charge in [0.2, 0.25) is 0 Å². The molecule has 8 heteroatoms. The SMILES string of the molecule is CCS(=O)(=O)CCCC(NC(=O)OCc1ccccc1)C(=O)O. The molecule has 1 unspecified atom stereocenters. The maximum atomic E-state index is 11.6. The van der Waals surface area contributed by atoms with Crippen molar-refractivity contribution in [1.82, 2.24) is 5.32 Å². The van der Waals surface area contributed by atoms with Crippen molar-refractivity contribution in [2.45, 2.75) is 32.4 Å². The van der Waals surface area contributed by atoms with Crippen LogP contribution in [0, 0.1) is 0 Å². The van der Waals surface area contributed by atoms with Crippen molar-refractivity contribution in [2.24, 2.45) is 0 Å². The summed E-state index contributed by atoms with van der Waals surface area (Å²) in [7, 11) is -3.15. The minimum absolute atomic E-state index is 0.0112. The standard InChI is InChI=1S/C15H21NO6S/c1-2-23(20,21)10-6-9-13(14(17)18)16-15(19)22-11-12-7-4-3-5-8-12/h3-5,7-8,13H,2,6,9-11H2,1H3,(H,16,19)(H,17,18). The largest absolute Gasteiger partial charge is 0.480 e. The van der Waals surface area contributed by atoms with Crippen molar-refractivity contribution in [1.29, 1.82) is 0 Å². The summed E-state index contributed by atoms with van der Waals surface area (Å²) >= 11 is 0. The lowest BCUT2D eigenvalue weighted by molar-refractivity contribution is -0.139. The highest BCUT2D eigenvalue weighted by Crippen LogP contribution is 2.04. The first-order valence-corrected chi connectivity index (χ1v) is 9.06. The van der Waals surface area contributed by atoms with Crippen molar-refractivity contribution in [3.63, 3.8) is 0 Å². The number of carboxylic acid groups (broad SMARTS) is 1. The molecular weight excluding hydrogens is 322 g/mol. The third-order valence-electron chi connectivity index (χ3n) is 3.19. The van der Waals surface area contributed by atoms with Crippen LogP contribution < -0.4 is 5.32 Å². The Balaban J connectivity index is 2.42. The maximum absolute atomic E-state index is 11.6. The van der Waals surface area contributed by atoms with Gasteiger partial charge in [0.15, 0.2) is 0 Å². The Morgan fingerprint density at radius 2 is 1.91 bits per heavy atom. The van der Waals surface area contributed by atoms with Gasteiger partial charge in [0.1, 0.15) is 22.5 Å². The minimum Gasteiger partial charge on any atom is -0.480 e. The van der Waals surface area contributed by atoms with Crippen molar-refractivity contribution in [3.8, 4) is 0 Å². The summed E-state index contributed by atoms with van der Waals surface area (Å²) in [4.78, 5) is 22.7. The van der Waals surface area contributed by atoms with Gasteiger partial charge in [-0.15, -0.1) is 0 Å². The number of rotatable bonds is 9. The Kier molecular flexibility index (Phi) is 7.53. The molecule has 0 radical (unpaired) electrons. The molecule has 128 valence electrons. The minimum atomic E-state index is -3.15. The van der Waals surface area contributed by atoms with E-state index in [2.05, 4.69) is 5.32 Å². The highest BCUT2D eigenvalue weighted by molar-refractivity contribution is 7.91. The van der Waals surface area contributed by atoms with Crippen LogP contribution in [0.25, 0.3) is 0 Å². The highest BCUT2D eigenvalue weighted by atomic mass is 32.2. The lowest BCUT2D eigenvalue weighted by atomic mass is 10.2. The molecule has 1 atom stereocenters. The number of hydrogen-bond donors (Lipinski definition) is 2. The smallest absolute Gasteiger partial charge is 0.408 e. The number of aliphatic carboxylic acids is 1. The molecule has 0 spiro atoms. The second kappa shape index (κ2) is 9.14. The second-order valence-corrected chi connectivity index (χ2v) is 7.45. The monoisotopic (exact) mass is 343 g/mol. The summed E-state index contributed by atoms with van der Waals surface area (Å²) in [5.41, 5.74) is 0.781. The van der Waals surface area contributed by atoms with Crippen LogP contribution in [0.15, 0.2) is 30.3 Å². The summed E-state index contributed by atoms with van der Waals surface area (Å²) in [5.74, 6) is -1.32. The molecule has 0 heterocycles. The van der Waals surface area contributed by atoms with E-state index in [0.717, 1.165) is 5.56 Å². The summed E-state index contributed by atoms with van der Waals surface area (Å²) in [6.07, 6.45) is -0.666. The number of hydrogen-bond acceptors (Lipinski definition) is 5. The molecule has 0 aliphatic rings. The van der Waals surface area contributed by atoms with E-state index < -0.39 is 27.9 Å². The number of amides is 1. The van der Waals surface area contributed by atoms with Crippen molar-refractivity contribution >= 4 is 21.9 Å². The van der Waals surface area contributed by atoms with Gasteiger partial charge in [-0.2, -0.15) is 0 Å². The van der Waals surface area contributed by atoms with Gasteiger partial charge in [0.05, 0.1) is 5.75 Å². The van der Waals surface area contributed by atoms with Crippen LogP contribution in [0.3, 0.4) is 0 Å². The first kappa shape index (κ1) is 19.0. The van der Waals surface area contributed by atoms with Crippen LogP contribution >= 0.6 is 0 Å². The Hall–Kier alpha value is -2.09. The molecule has 2 N–H and O–H groups in total. The summed E-state index contributed by atoms with van der Waals surface area (Å²) in [6.45, 7) is 1.56. The van der Waals surface area contributed by atoms with Crippen LogP contribution in [0.2, 0.25) is 0 Å². The number of benzene rings is 1. The van der Waals surface area contributed by atoms with Gasteiger partial charge in [0.25, 0.3) is 0 Å². The molecule has 0 saturated heterocycles. The van der Waals surface area contributed by atoms with E-state index in [1.54, 1.807) is 24.3 Å². The Labute approximate surface area is 135 Å². The predicted octanol–water partition coefficient (Wildman–Crippen LogP) is 1.58. The van der Waals surface area contributed by atoms with E-state index in [9.17, 15) is 18.0 Å². The molecular formula is C15H21NO6S. The molecule has 0 aliphatic heterocycles. The van der Waals surface area contributed by atoms with E-state index >= 15 is 0 Å². The van der Waals surface area contributed by atoms with E-state index in [1.165, 1.54) is 6.92 Å². The van der Waals surface area contributed by atoms with Crippen molar-refractivity contribution in [2.75, 3.05) is 11.5 Å². The molecule has 7 nitrogen and oxygen atoms in total. The lowest BCUT2D eigenvalue weighted by Crippen LogP contribution is -2.41. The molecule has 0 aromatic heterocycles. The zero-order chi connectivity index (χ0) is 17.3. The molecule has 23 heavy (non-hydrogen) atoms. The Bertz CT molecular complexity index is 614. The fourth-order valence-corrected chi connectivity index (χ4v) is 2.71. The average molecular weight is 343 g/mol. The van der Waals surface area contributed by atoms with Crippen molar-refractivity contribution in [3.05, 3.63) is 35.9 Å². The van der Waals surface area contributed by atoms with E-state index in [-0.39, 0.29) is 31.0 Å². The van der Waals surface area contributed by atoms with Crippen molar-refractivity contribution < 1.29 is 27.9 Å². The molecule has 1 aromatic carbocycles. The molecule has 0 fully saturated rings. The summed E-state index contributed by atoms with van der Waals surface area (Å²) < 4.78 is 27.7. The predicted molar refractivity (Wildman–Crippen MR) is 84.7 cm³/mol. The fourth-order valence-electron chi connectivity index (χ4n) is 1.82. The normalized spacial score (nSPS) is 12.4. The van der Waals surface area contributed by atoms with E-state index in [1.807, 2.05) is 6.07 Å².